The molecule has 0 heterocycles. The molecule has 2 rings (SSSR count). The highest BCUT2D eigenvalue weighted by Crippen LogP contribution is 2.16. The number of nitriles is 2. The van der Waals surface area contributed by atoms with E-state index in [0.29, 0.717) is 16.9 Å². The average molecular weight is 252 g/mol. The van der Waals surface area contributed by atoms with E-state index < -0.39 is 5.82 Å². The monoisotopic (exact) mass is 252 g/mol. The second-order valence-electron chi connectivity index (χ2n) is 3.85. The van der Waals surface area contributed by atoms with E-state index in [1.54, 1.807) is 24.3 Å². The van der Waals surface area contributed by atoms with Crippen LogP contribution in [0.1, 0.15) is 16.7 Å². The molecule has 4 heteroatoms. The van der Waals surface area contributed by atoms with Crippen LogP contribution in [0.3, 0.4) is 0 Å². The standard InChI is InChI=1S/C15H9FN2O/c16-15-7-12(9-18)4-5-13(15)10-19-14-3-1-2-11(6-14)8-17/h1-7H,10H2. The van der Waals surface area contributed by atoms with Crippen LogP contribution < -0.4 is 4.74 Å². The largest absolute Gasteiger partial charge is 0.489 e. The van der Waals surface area contributed by atoms with Gasteiger partial charge in [-0.25, -0.2) is 4.39 Å². The van der Waals surface area contributed by atoms with Crippen molar-refractivity contribution < 1.29 is 9.13 Å². The van der Waals surface area contributed by atoms with Crippen molar-refractivity contribution in [1.82, 2.24) is 0 Å². The third kappa shape index (κ3) is 3.08. The predicted octanol–water partition coefficient (Wildman–Crippen LogP) is 3.15. The van der Waals surface area contributed by atoms with Gasteiger partial charge in [-0.3, -0.25) is 0 Å². The van der Waals surface area contributed by atoms with Crippen molar-refractivity contribution in [1.29, 1.82) is 10.5 Å². The lowest BCUT2D eigenvalue weighted by Crippen LogP contribution is -1.99. The van der Waals surface area contributed by atoms with Gasteiger partial charge in [-0.05, 0) is 30.3 Å². The molecule has 0 aliphatic carbocycles. The van der Waals surface area contributed by atoms with Gasteiger partial charge in [-0.15, -0.1) is 0 Å². The minimum absolute atomic E-state index is 0.0480. The smallest absolute Gasteiger partial charge is 0.131 e. The zero-order valence-electron chi connectivity index (χ0n) is 9.93. The van der Waals surface area contributed by atoms with Gasteiger partial charge in [0.1, 0.15) is 18.2 Å². The van der Waals surface area contributed by atoms with Gasteiger partial charge in [0.25, 0.3) is 0 Å². The first kappa shape index (κ1) is 12.6. The van der Waals surface area contributed by atoms with Gasteiger partial charge < -0.3 is 4.74 Å². The Morgan fingerprint density at radius 3 is 2.42 bits per heavy atom. The SMILES string of the molecule is N#Cc1cccc(OCc2ccc(C#N)cc2F)c1. The van der Waals surface area contributed by atoms with Crippen molar-refractivity contribution in [2.75, 3.05) is 0 Å². The molecule has 0 radical (unpaired) electrons. The van der Waals surface area contributed by atoms with Crippen LogP contribution in [0.15, 0.2) is 42.5 Å². The van der Waals surface area contributed by atoms with E-state index in [1.807, 2.05) is 12.1 Å². The van der Waals surface area contributed by atoms with E-state index in [0.717, 1.165) is 0 Å². The maximum absolute atomic E-state index is 13.6. The van der Waals surface area contributed by atoms with E-state index in [1.165, 1.54) is 18.2 Å². The first-order valence-corrected chi connectivity index (χ1v) is 5.54. The summed E-state index contributed by atoms with van der Waals surface area (Å²) in [5, 5.41) is 17.4. The Bertz CT molecular complexity index is 683. The maximum atomic E-state index is 13.6. The molecule has 0 aliphatic heterocycles. The Morgan fingerprint density at radius 1 is 1.00 bits per heavy atom. The van der Waals surface area contributed by atoms with Crippen molar-refractivity contribution >= 4 is 0 Å². The number of ether oxygens (including phenoxy) is 1. The molecule has 2 aromatic rings. The summed E-state index contributed by atoms with van der Waals surface area (Å²) in [5.74, 6) is 0.0262. The Kier molecular flexibility index (Phi) is 3.75. The summed E-state index contributed by atoms with van der Waals surface area (Å²) in [6, 6.07) is 14.7. The van der Waals surface area contributed by atoms with E-state index >= 15 is 0 Å². The number of benzene rings is 2. The third-order valence-electron chi connectivity index (χ3n) is 2.54. The summed E-state index contributed by atoms with van der Waals surface area (Å²) in [6.45, 7) is 0.0480. The maximum Gasteiger partial charge on any atom is 0.131 e. The lowest BCUT2D eigenvalue weighted by Gasteiger charge is -2.07. The van der Waals surface area contributed by atoms with E-state index in [4.69, 9.17) is 15.3 Å². The van der Waals surface area contributed by atoms with Gasteiger partial charge in [-0.2, -0.15) is 10.5 Å². The van der Waals surface area contributed by atoms with Gasteiger partial charge in [-0.1, -0.05) is 12.1 Å². The topological polar surface area (TPSA) is 56.8 Å². The Morgan fingerprint density at radius 2 is 1.74 bits per heavy atom. The third-order valence-corrected chi connectivity index (χ3v) is 2.54. The first-order valence-electron chi connectivity index (χ1n) is 5.54. The van der Waals surface area contributed by atoms with Crippen molar-refractivity contribution in [2.45, 2.75) is 6.61 Å². The number of halogens is 1. The zero-order chi connectivity index (χ0) is 13.7. The van der Waals surface area contributed by atoms with E-state index in [2.05, 4.69) is 0 Å². The molecule has 0 spiro atoms. The van der Waals surface area contributed by atoms with Gasteiger partial charge in [0.15, 0.2) is 0 Å². The molecule has 0 atom stereocenters. The fourth-order valence-corrected chi connectivity index (χ4v) is 1.55. The number of hydrogen-bond acceptors (Lipinski definition) is 3. The fourth-order valence-electron chi connectivity index (χ4n) is 1.55. The molecule has 0 aliphatic rings. The van der Waals surface area contributed by atoms with E-state index in [9.17, 15) is 4.39 Å². The molecule has 2 aromatic carbocycles. The Labute approximate surface area is 110 Å². The van der Waals surface area contributed by atoms with Gasteiger partial charge in [0.2, 0.25) is 0 Å². The normalized spacial score (nSPS) is 9.42. The second-order valence-corrected chi connectivity index (χ2v) is 3.85. The summed E-state index contributed by atoms with van der Waals surface area (Å²) in [6.07, 6.45) is 0. The van der Waals surface area contributed by atoms with E-state index in [-0.39, 0.29) is 12.2 Å². The van der Waals surface area contributed by atoms with Crippen LogP contribution in [0.4, 0.5) is 4.39 Å². The molecule has 0 N–H and O–H groups in total. The van der Waals surface area contributed by atoms with Gasteiger partial charge in [0, 0.05) is 5.56 Å². The highest BCUT2D eigenvalue weighted by molar-refractivity contribution is 5.37. The van der Waals surface area contributed by atoms with Crippen LogP contribution in [0.5, 0.6) is 5.75 Å². The minimum atomic E-state index is -0.476. The van der Waals surface area contributed by atoms with Crippen LogP contribution in [-0.4, -0.2) is 0 Å². The quantitative estimate of drug-likeness (QED) is 0.843. The number of rotatable bonds is 3. The molecule has 0 aromatic heterocycles. The summed E-state index contributed by atoms with van der Waals surface area (Å²) in [7, 11) is 0. The molecule has 3 nitrogen and oxygen atoms in total. The first-order chi connectivity index (χ1) is 9.22. The van der Waals surface area contributed by atoms with Gasteiger partial charge in [0.05, 0.1) is 23.3 Å². The molecule has 0 amide bonds. The molecular formula is C15H9FN2O. The number of hydrogen-bond donors (Lipinski definition) is 0. The molecule has 0 bridgehead atoms. The summed E-state index contributed by atoms with van der Waals surface area (Å²) < 4.78 is 19.0. The summed E-state index contributed by atoms with van der Waals surface area (Å²) in [5.41, 5.74) is 1.12. The molecule has 0 saturated heterocycles. The molecule has 92 valence electrons. The highest BCUT2D eigenvalue weighted by Gasteiger charge is 2.05. The van der Waals surface area contributed by atoms with Crippen LogP contribution in [0.25, 0.3) is 0 Å². The summed E-state index contributed by atoms with van der Waals surface area (Å²) in [4.78, 5) is 0. The molecule has 0 fully saturated rings. The highest BCUT2D eigenvalue weighted by atomic mass is 19.1. The van der Waals surface area contributed by atoms with Crippen molar-refractivity contribution in [3.63, 3.8) is 0 Å². The molecule has 0 unspecified atom stereocenters. The van der Waals surface area contributed by atoms with Crippen LogP contribution in [0, 0.1) is 28.5 Å². The van der Waals surface area contributed by atoms with Crippen LogP contribution >= 0.6 is 0 Å². The lowest BCUT2D eigenvalue weighted by molar-refractivity contribution is 0.300. The number of nitrogens with zero attached hydrogens (tertiary/aromatic N) is 2. The van der Waals surface area contributed by atoms with Crippen LogP contribution in [0.2, 0.25) is 0 Å². The summed E-state index contributed by atoms with van der Waals surface area (Å²) >= 11 is 0. The van der Waals surface area contributed by atoms with Crippen molar-refractivity contribution in [3.8, 4) is 17.9 Å². The minimum Gasteiger partial charge on any atom is -0.489 e. The molecular weight excluding hydrogens is 243 g/mol. The molecule has 0 saturated carbocycles. The van der Waals surface area contributed by atoms with Gasteiger partial charge >= 0.3 is 0 Å². The average Bonchev–Trinajstić information content (AvgIpc) is 2.46. The fraction of sp³-hybridized carbons (Fsp3) is 0.0667. The second kappa shape index (κ2) is 5.66. The van der Waals surface area contributed by atoms with Crippen LogP contribution in [-0.2, 0) is 6.61 Å². The lowest BCUT2D eigenvalue weighted by atomic mass is 10.1. The van der Waals surface area contributed by atoms with Crippen molar-refractivity contribution in [3.05, 3.63) is 65.0 Å². The predicted molar refractivity (Wildman–Crippen MR) is 66.6 cm³/mol. The molecule has 19 heavy (non-hydrogen) atoms. The Balaban J connectivity index is 2.11. The Hall–Kier alpha value is -2.85. The zero-order valence-corrected chi connectivity index (χ0v) is 9.93. The van der Waals surface area contributed by atoms with Crippen molar-refractivity contribution in [2.24, 2.45) is 0 Å².